The molecule has 1 aliphatic carbocycles. The number of anilines is 1. The van der Waals surface area contributed by atoms with Crippen molar-refractivity contribution in [2.24, 2.45) is 5.92 Å². The maximum absolute atomic E-state index is 13.5. The van der Waals surface area contributed by atoms with E-state index in [9.17, 15) is 15.3 Å². The van der Waals surface area contributed by atoms with Crippen LogP contribution in [0.5, 0.6) is 5.88 Å². The number of benzene rings is 2. The normalized spacial score (nSPS) is 25.4. The molecule has 1 aliphatic heterocycles. The van der Waals surface area contributed by atoms with Crippen molar-refractivity contribution in [2.45, 2.75) is 57.2 Å². The number of rotatable bonds is 5. The van der Waals surface area contributed by atoms with Crippen molar-refractivity contribution in [3.05, 3.63) is 82.1 Å². The third-order valence-corrected chi connectivity index (χ3v) is 7.82. The number of allylic oxidation sites excluding steroid dienone is 1. The van der Waals surface area contributed by atoms with Crippen LogP contribution < -0.4 is 20.2 Å². The van der Waals surface area contributed by atoms with Crippen LogP contribution in [0.4, 0.5) is 5.69 Å². The first kappa shape index (κ1) is 26.4. The number of nitrogens with zero attached hydrogens (tertiary/aromatic N) is 3. The van der Waals surface area contributed by atoms with Crippen LogP contribution in [0.2, 0.25) is 5.02 Å². The Bertz CT molecular complexity index is 1280. The minimum Gasteiger partial charge on any atom is -0.858 e. The van der Waals surface area contributed by atoms with E-state index in [-0.39, 0.29) is 16.0 Å². The van der Waals surface area contributed by atoms with E-state index >= 15 is 0 Å². The SMILES string of the molecule is CCCc1nn(-c2ccccc2)c([O-])c1C1C([O-])C(C=C2N(C)c3ccc(Cl)cc3C2(C)C)C1[O-].[Be+2]. The summed E-state index contributed by atoms with van der Waals surface area (Å²) in [4.78, 5) is 2.04. The van der Waals surface area contributed by atoms with Gasteiger partial charge in [0.2, 0.25) is 0 Å². The van der Waals surface area contributed by atoms with Gasteiger partial charge in [-0.25, -0.2) is 4.68 Å². The maximum atomic E-state index is 13.5. The Morgan fingerprint density at radius 2 is 1.75 bits per heavy atom. The number of aryl methyl sites for hydroxylation is 1. The van der Waals surface area contributed by atoms with Crippen LogP contribution in [0.3, 0.4) is 0 Å². The molecule has 2 aliphatic rings. The molecule has 184 valence electrons. The molecular formula is C28H29BeClN3O3-. The molecule has 0 saturated heterocycles. The van der Waals surface area contributed by atoms with E-state index in [2.05, 4.69) is 18.9 Å². The van der Waals surface area contributed by atoms with Gasteiger partial charge in [0.05, 0.1) is 11.4 Å². The number of halogens is 1. The second-order valence-corrected chi connectivity index (χ2v) is 10.5. The summed E-state index contributed by atoms with van der Waals surface area (Å²) in [6, 6.07) is 14.9. The van der Waals surface area contributed by atoms with Gasteiger partial charge in [-0.2, -0.15) is 5.10 Å². The Morgan fingerprint density at radius 3 is 2.39 bits per heavy atom. The van der Waals surface area contributed by atoms with Crippen molar-refractivity contribution in [1.29, 1.82) is 0 Å². The average Bonchev–Trinajstić information content (AvgIpc) is 3.24. The topological polar surface area (TPSA) is 90.2 Å². The Morgan fingerprint density at radius 1 is 1.08 bits per heavy atom. The first-order valence-corrected chi connectivity index (χ1v) is 12.5. The van der Waals surface area contributed by atoms with Crippen LogP contribution in [0.1, 0.15) is 49.9 Å². The molecule has 1 fully saturated rings. The Labute approximate surface area is 221 Å². The molecule has 0 radical (unpaired) electrons. The Balaban J connectivity index is 0.00000304. The number of fused-ring (bicyclic) bond motifs is 1. The van der Waals surface area contributed by atoms with Crippen molar-refractivity contribution in [3.63, 3.8) is 0 Å². The van der Waals surface area contributed by atoms with E-state index in [1.807, 2.05) is 61.3 Å². The van der Waals surface area contributed by atoms with Gasteiger partial charge in [0.1, 0.15) is 0 Å². The zero-order valence-electron chi connectivity index (χ0n) is 21.1. The molecule has 36 heavy (non-hydrogen) atoms. The van der Waals surface area contributed by atoms with Gasteiger partial charge >= 0.3 is 10.1 Å². The molecule has 1 aromatic heterocycles. The van der Waals surface area contributed by atoms with Gasteiger partial charge in [0.15, 0.2) is 0 Å². The predicted octanol–water partition coefficient (Wildman–Crippen LogP) is 2.65. The molecule has 2 unspecified atom stereocenters. The van der Waals surface area contributed by atoms with E-state index in [1.54, 1.807) is 12.1 Å². The Kier molecular flexibility index (Phi) is 7.11. The number of likely N-dealkylation sites (N-methyl/N-ethyl adjacent to an activating group) is 1. The number of aromatic nitrogens is 2. The quantitative estimate of drug-likeness (QED) is 0.503. The molecule has 6 nitrogen and oxygen atoms in total. The summed E-state index contributed by atoms with van der Waals surface area (Å²) >= 11 is 6.25. The second-order valence-electron chi connectivity index (χ2n) is 10.1. The van der Waals surface area contributed by atoms with Crippen LogP contribution in [-0.2, 0) is 11.8 Å². The molecule has 2 heterocycles. The maximum Gasteiger partial charge on any atom is 2.00 e. The molecule has 3 aromatic rings. The van der Waals surface area contributed by atoms with Gasteiger partial charge < -0.3 is 20.2 Å². The molecule has 2 aromatic carbocycles. The molecule has 0 spiro atoms. The van der Waals surface area contributed by atoms with Crippen molar-refractivity contribution in [3.8, 4) is 11.6 Å². The average molecular weight is 500 g/mol. The van der Waals surface area contributed by atoms with Gasteiger partial charge in [-0.15, -0.1) is 12.2 Å². The molecule has 1 saturated carbocycles. The fourth-order valence-electron chi connectivity index (χ4n) is 5.67. The van der Waals surface area contributed by atoms with Crippen molar-refractivity contribution in [1.82, 2.24) is 9.78 Å². The second kappa shape index (κ2) is 9.68. The van der Waals surface area contributed by atoms with E-state index in [1.165, 1.54) is 4.68 Å². The van der Waals surface area contributed by atoms with Crippen LogP contribution in [0, 0.1) is 5.92 Å². The first-order chi connectivity index (χ1) is 16.7. The van der Waals surface area contributed by atoms with Crippen molar-refractivity contribution >= 4 is 27.4 Å². The Hall–Kier alpha value is -2.63. The standard InChI is InChI=1S/C28H30ClN3O3.Be/c1-5-9-20-23(27(35)32(30-20)17-10-7-6-8-11-17)24-25(33)18(26(24)34)15-22-28(2,3)19-14-16(29)12-13-21(19)31(22)4;/h6-8,10-15,18,24-26,35H,5,9H2,1-4H3;/q-2;+2/p-1. The van der Waals surface area contributed by atoms with Crippen molar-refractivity contribution in [2.75, 3.05) is 11.9 Å². The van der Waals surface area contributed by atoms with Crippen LogP contribution in [0.15, 0.2) is 60.3 Å². The summed E-state index contributed by atoms with van der Waals surface area (Å²) < 4.78 is 1.33. The molecule has 8 heteroatoms. The van der Waals surface area contributed by atoms with Gasteiger partial charge in [-0.05, 0) is 65.6 Å². The minimum atomic E-state index is -1.20. The molecule has 5 rings (SSSR count). The molecule has 0 N–H and O–H groups in total. The van der Waals surface area contributed by atoms with Crippen LogP contribution in [0.25, 0.3) is 5.69 Å². The zero-order chi connectivity index (χ0) is 25.1. The molecule has 0 amide bonds. The number of hydrogen-bond acceptors (Lipinski definition) is 5. The third kappa shape index (κ3) is 3.97. The van der Waals surface area contributed by atoms with E-state index in [4.69, 9.17) is 11.6 Å². The summed E-state index contributed by atoms with van der Waals surface area (Å²) in [5.74, 6) is -1.96. The first-order valence-electron chi connectivity index (χ1n) is 12.1. The van der Waals surface area contributed by atoms with E-state index in [0.717, 1.165) is 23.4 Å². The molecular weight excluding hydrogens is 471 g/mol. The fraction of sp³-hybridized carbons (Fsp3) is 0.393. The van der Waals surface area contributed by atoms with Crippen LogP contribution >= 0.6 is 11.6 Å². The van der Waals surface area contributed by atoms with E-state index < -0.39 is 29.5 Å². The van der Waals surface area contributed by atoms with Gasteiger partial charge in [0, 0.05) is 28.9 Å². The molecule has 0 bridgehead atoms. The number of para-hydroxylation sites is 1. The number of hydrogen-bond donors (Lipinski definition) is 0. The summed E-state index contributed by atoms with van der Waals surface area (Å²) in [6.45, 7) is 6.15. The smallest absolute Gasteiger partial charge is 0.858 e. The van der Waals surface area contributed by atoms with Crippen molar-refractivity contribution < 1.29 is 15.3 Å². The summed E-state index contributed by atoms with van der Waals surface area (Å²) in [5, 5.41) is 45.5. The minimum absolute atomic E-state index is 0. The van der Waals surface area contributed by atoms with Gasteiger partial charge in [-0.3, -0.25) is 0 Å². The largest absolute Gasteiger partial charge is 2.00 e. The monoisotopic (exact) mass is 499 g/mol. The third-order valence-electron chi connectivity index (χ3n) is 7.59. The predicted molar refractivity (Wildman–Crippen MR) is 138 cm³/mol. The van der Waals surface area contributed by atoms with Crippen LogP contribution in [-0.4, -0.2) is 39.2 Å². The van der Waals surface area contributed by atoms with Gasteiger partial charge in [-0.1, -0.05) is 63.1 Å². The van der Waals surface area contributed by atoms with Gasteiger partial charge in [0.25, 0.3) is 0 Å². The summed E-state index contributed by atoms with van der Waals surface area (Å²) in [5.41, 5.74) is 4.11. The summed E-state index contributed by atoms with van der Waals surface area (Å²) in [6.07, 6.45) is 0.769. The fourth-order valence-corrected chi connectivity index (χ4v) is 5.85. The summed E-state index contributed by atoms with van der Waals surface area (Å²) in [7, 11) is 1.95. The zero-order valence-corrected chi connectivity index (χ0v) is 21.8. The molecule has 2 atom stereocenters. The van der Waals surface area contributed by atoms with E-state index in [0.29, 0.717) is 28.4 Å².